The van der Waals surface area contributed by atoms with Gasteiger partial charge in [0.15, 0.2) is 0 Å². The normalized spacial score (nSPS) is 10.8. The number of amides is 1. The van der Waals surface area contributed by atoms with Crippen molar-refractivity contribution in [2.45, 2.75) is 26.6 Å². The third kappa shape index (κ3) is 3.83. The minimum Gasteiger partial charge on any atom is -0.346 e. The van der Waals surface area contributed by atoms with Crippen LogP contribution in [0.3, 0.4) is 0 Å². The molecule has 0 fully saturated rings. The van der Waals surface area contributed by atoms with E-state index >= 15 is 0 Å². The lowest BCUT2D eigenvalue weighted by Gasteiger charge is -2.07. The molecule has 1 amide bonds. The molecule has 24 heavy (non-hydrogen) atoms. The summed E-state index contributed by atoms with van der Waals surface area (Å²) < 4.78 is 3.56. The lowest BCUT2D eigenvalue weighted by molar-refractivity contribution is 0.0950. The summed E-state index contributed by atoms with van der Waals surface area (Å²) in [5.74, 6) is -0.153. The Balaban J connectivity index is 1.65. The zero-order valence-corrected chi connectivity index (χ0v) is 14.1. The summed E-state index contributed by atoms with van der Waals surface area (Å²) in [6.45, 7) is 3.65. The number of aryl methyl sites for hydroxylation is 1. The second kappa shape index (κ2) is 7.31. The molecule has 124 valence electrons. The summed E-state index contributed by atoms with van der Waals surface area (Å²) in [4.78, 5) is 12.3. The molecular formula is C17H18ClN5O. The molecule has 0 aliphatic carbocycles. The number of carbonyl (C=O) groups is 1. The zero-order chi connectivity index (χ0) is 16.9. The van der Waals surface area contributed by atoms with Crippen molar-refractivity contribution >= 4 is 17.5 Å². The zero-order valence-electron chi connectivity index (χ0n) is 13.3. The third-order valence-electron chi connectivity index (χ3n) is 3.62. The van der Waals surface area contributed by atoms with Crippen molar-refractivity contribution < 1.29 is 4.79 Å². The molecule has 0 aliphatic heterocycles. The van der Waals surface area contributed by atoms with Crippen LogP contribution in [-0.4, -0.2) is 25.5 Å². The van der Waals surface area contributed by atoms with Gasteiger partial charge in [-0.25, -0.2) is 0 Å². The van der Waals surface area contributed by atoms with Gasteiger partial charge in [0.2, 0.25) is 0 Å². The van der Waals surface area contributed by atoms with Crippen molar-refractivity contribution in [2.24, 2.45) is 0 Å². The smallest absolute Gasteiger partial charge is 0.251 e. The van der Waals surface area contributed by atoms with E-state index in [-0.39, 0.29) is 5.91 Å². The van der Waals surface area contributed by atoms with E-state index < -0.39 is 0 Å². The fraction of sp³-hybridized carbons (Fsp3) is 0.235. The minimum absolute atomic E-state index is 0.153. The van der Waals surface area contributed by atoms with Gasteiger partial charge in [-0.15, -0.1) is 0 Å². The molecule has 0 atom stereocenters. The Morgan fingerprint density at radius 1 is 1.29 bits per heavy atom. The van der Waals surface area contributed by atoms with Crippen molar-refractivity contribution in [3.05, 3.63) is 70.8 Å². The van der Waals surface area contributed by atoms with E-state index in [9.17, 15) is 4.79 Å². The Labute approximate surface area is 145 Å². The number of hydrogen-bond acceptors (Lipinski definition) is 3. The molecule has 6 nitrogen and oxygen atoms in total. The van der Waals surface area contributed by atoms with Crippen LogP contribution in [0.1, 0.15) is 28.5 Å². The molecule has 0 bridgehead atoms. The lowest BCUT2D eigenvalue weighted by Crippen LogP contribution is -2.23. The standard InChI is InChI=1S/C17H18ClN5O/c1-2-22-12-15(18)16(21-22)10-19-17(24)14-6-3-5-13(9-14)11-23-8-4-7-20-23/h3-9,12H,2,10-11H2,1H3,(H,19,24). The number of rotatable bonds is 6. The first kappa shape index (κ1) is 16.3. The van der Waals surface area contributed by atoms with E-state index in [1.54, 1.807) is 23.1 Å². The number of nitrogens with zero attached hydrogens (tertiary/aromatic N) is 4. The first-order valence-electron chi connectivity index (χ1n) is 7.72. The highest BCUT2D eigenvalue weighted by molar-refractivity contribution is 6.31. The van der Waals surface area contributed by atoms with E-state index in [4.69, 9.17) is 11.6 Å². The molecule has 7 heteroatoms. The van der Waals surface area contributed by atoms with Crippen LogP contribution >= 0.6 is 11.6 Å². The Kier molecular flexibility index (Phi) is 4.96. The maximum Gasteiger partial charge on any atom is 0.251 e. The molecule has 0 saturated heterocycles. The Hall–Kier alpha value is -2.60. The second-order valence-electron chi connectivity index (χ2n) is 5.37. The highest BCUT2D eigenvalue weighted by Gasteiger charge is 2.10. The van der Waals surface area contributed by atoms with Crippen molar-refractivity contribution in [1.29, 1.82) is 0 Å². The van der Waals surface area contributed by atoms with E-state index in [0.29, 0.717) is 29.4 Å². The molecule has 2 heterocycles. The highest BCUT2D eigenvalue weighted by Crippen LogP contribution is 2.14. The molecule has 1 aromatic carbocycles. The third-order valence-corrected chi connectivity index (χ3v) is 3.94. The van der Waals surface area contributed by atoms with Crippen LogP contribution in [-0.2, 0) is 19.6 Å². The molecule has 0 unspecified atom stereocenters. The van der Waals surface area contributed by atoms with Crippen molar-refractivity contribution in [2.75, 3.05) is 0 Å². The molecule has 0 aliphatic rings. The SMILES string of the molecule is CCn1cc(Cl)c(CNC(=O)c2cccc(Cn3cccn3)c2)n1. The average Bonchev–Trinajstić information content (AvgIpc) is 3.22. The van der Waals surface area contributed by atoms with Gasteiger partial charge in [0, 0.05) is 30.7 Å². The number of hydrogen-bond donors (Lipinski definition) is 1. The van der Waals surface area contributed by atoms with E-state index in [0.717, 1.165) is 12.1 Å². The van der Waals surface area contributed by atoms with Gasteiger partial charge in [0.1, 0.15) is 5.69 Å². The number of carbonyl (C=O) groups excluding carboxylic acids is 1. The summed E-state index contributed by atoms with van der Waals surface area (Å²) in [5.41, 5.74) is 2.28. The predicted octanol–water partition coefficient (Wildman–Crippen LogP) is 2.73. The van der Waals surface area contributed by atoms with Gasteiger partial charge in [0.25, 0.3) is 5.91 Å². The number of nitrogens with one attached hydrogen (secondary N) is 1. The number of halogens is 1. The quantitative estimate of drug-likeness (QED) is 0.748. The van der Waals surface area contributed by atoms with Gasteiger partial charge in [-0.1, -0.05) is 23.7 Å². The van der Waals surface area contributed by atoms with Gasteiger partial charge < -0.3 is 5.32 Å². The number of benzene rings is 1. The topological polar surface area (TPSA) is 64.7 Å². The van der Waals surface area contributed by atoms with Crippen LogP contribution in [0.5, 0.6) is 0 Å². The van der Waals surface area contributed by atoms with Crippen LogP contribution in [0.15, 0.2) is 48.9 Å². The monoisotopic (exact) mass is 343 g/mol. The van der Waals surface area contributed by atoms with E-state index in [1.165, 1.54) is 0 Å². The predicted molar refractivity (Wildman–Crippen MR) is 91.9 cm³/mol. The maximum absolute atomic E-state index is 12.3. The molecule has 2 aromatic heterocycles. The Morgan fingerprint density at radius 2 is 2.17 bits per heavy atom. The first-order valence-corrected chi connectivity index (χ1v) is 8.10. The van der Waals surface area contributed by atoms with Gasteiger partial charge in [-0.05, 0) is 30.7 Å². The summed E-state index contributed by atoms with van der Waals surface area (Å²) in [7, 11) is 0. The fourth-order valence-electron chi connectivity index (χ4n) is 2.38. The molecule has 0 spiro atoms. The molecule has 3 rings (SSSR count). The van der Waals surface area contributed by atoms with Gasteiger partial charge in [-0.2, -0.15) is 10.2 Å². The Morgan fingerprint density at radius 3 is 2.88 bits per heavy atom. The van der Waals surface area contributed by atoms with Crippen LogP contribution in [0.4, 0.5) is 0 Å². The molecule has 0 saturated carbocycles. The van der Waals surface area contributed by atoms with Crippen LogP contribution in [0, 0.1) is 0 Å². The molecular weight excluding hydrogens is 326 g/mol. The van der Waals surface area contributed by atoms with Gasteiger partial charge in [0.05, 0.1) is 18.1 Å². The summed E-state index contributed by atoms with van der Waals surface area (Å²) in [6, 6.07) is 9.36. The van der Waals surface area contributed by atoms with Crippen molar-refractivity contribution in [1.82, 2.24) is 24.9 Å². The molecule has 3 aromatic rings. The number of aromatic nitrogens is 4. The summed E-state index contributed by atoms with van der Waals surface area (Å²) in [5, 5.41) is 11.9. The fourth-order valence-corrected chi connectivity index (χ4v) is 2.59. The van der Waals surface area contributed by atoms with E-state index in [2.05, 4.69) is 15.5 Å². The van der Waals surface area contributed by atoms with Crippen LogP contribution in [0.25, 0.3) is 0 Å². The first-order chi connectivity index (χ1) is 11.7. The van der Waals surface area contributed by atoms with Crippen LogP contribution < -0.4 is 5.32 Å². The average molecular weight is 344 g/mol. The largest absolute Gasteiger partial charge is 0.346 e. The summed E-state index contributed by atoms with van der Waals surface area (Å²) >= 11 is 6.11. The van der Waals surface area contributed by atoms with Gasteiger partial charge in [-0.3, -0.25) is 14.2 Å². The van der Waals surface area contributed by atoms with Crippen molar-refractivity contribution in [3.63, 3.8) is 0 Å². The second-order valence-corrected chi connectivity index (χ2v) is 5.77. The van der Waals surface area contributed by atoms with E-state index in [1.807, 2.05) is 42.1 Å². The summed E-state index contributed by atoms with van der Waals surface area (Å²) in [6.07, 6.45) is 5.38. The van der Waals surface area contributed by atoms with Gasteiger partial charge >= 0.3 is 0 Å². The molecule has 0 radical (unpaired) electrons. The maximum atomic E-state index is 12.3. The van der Waals surface area contributed by atoms with Crippen molar-refractivity contribution in [3.8, 4) is 0 Å². The molecule has 1 N–H and O–H groups in total. The lowest BCUT2D eigenvalue weighted by atomic mass is 10.1. The minimum atomic E-state index is -0.153. The highest BCUT2D eigenvalue weighted by atomic mass is 35.5. The Bertz CT molecular complexity index is 825. The van der Waals surface area contributed by atoms with Crippen LogP contribution in [0.2, 0.25) is 5.02 Å².